The van der Waals surface area contributed by atoms with Gasteiger partial charge in [-0.1, -0.05) is 6.92 Å². The van der Waals surface area contributed by atoms with Crippen LogP contribution in [0.2, 0.25) is 0 Å². The second kappa shape index (κ2) is 3.26. The maximum absolute atomic E-state index is 4.65. The van der Waals surface area contributed by atoms with Gasteiger partial charge in [-0.15, -0.1) is 0 Å². The Morgan fingerprint density at radius 2 is 2.07 bits per heavy atom. The number of rotatable bonds is 0. The quantitative estimate of drug-likeness (QED) is 0.652. The highest BCUT2D eigenvalue weighted by Gasteiger charge is 2.18. The molecule has 1 atom stereocenters. The summed E-state index contributed by atoms with van der Waals surface area (Å²) in [5, 5.41) is 0. The molecule has 0 saturated carbocycles. The first kappa shape index (κ1) is 8.77. The lowest BCUT2D eigenvalue weighted by Gasteiger charge is -2.19. The van der Waals surface area contributed by atoms with Gasteiger partial charge in [0.1, 0.15) is 5.52 Å². The Balaban J connectivity index is 2.20. The van der Waals surface area contributed by atoms with Gasteiger partial charge in [-0.25, -0.2) is 9.97 Å². The van der Waals surface area contributed by atoms with E-state index >= 15 is 0 Å². The highest BCUT2D eigenvalue weighted by atomic mass is 14.8. The topological polar surface area (TPSA) is 38.7 Å². The van der Waals surface area contributed by atoms with E-state index in [1.165, 1.54) is 17.8 Å². The van der Waals surface area contributed by atoms with Crippen LogP contribution in [0.15, 0.2) is 18.5 Å². The zero-order chi connectivity index (χ0) is 10.3. The second-order valence-corrected chi connectivity index (χ2v) is 4.33. The molecule has 2 heterocycles. The fourth-order valence-corrected chi connectivity index (χ4v) is 2.16. The van der Waals surface area contributed by atoms with Crippen LogP contribution in [0.25, 0.3) is 11.0 Å². The summed E-state index contributed by atoms with van der Waals surface area (Å²) < 4.78 is 0. The van der Waals surface area contributed by atoms with Crippen LogP contribution in [0.3, 0.4) is 0 Å². The van der Waals surface area contributed by atoms with Crippen LogP contribution in [-0.2, 0) is 12.8 Å². The Hall–Kier alpha value is -1.51. The van der Waals surface area contributed by atoms with Crippen LogP contribution < -0.4 is 0 Å². The van der Waals surface area contributed by atoms with Gasteiger partial charge < -0.3 is 0 Å². The number of hydrogen-bond acceptors (Lipinski definition) is 3. The average molecular weight is 199 g/mol. The summed E-state index contributed by atoms with van der Waals surface area (Å²) in [6.45, 7) is 2.28. The number of fused-ring (bicyclic) bond motifs is 2. The Morgan fingerprint density at radius 3 is 3.00 bits per heavy atom. The molecule has 0 aliphatic heterocycles. The van der Waals surface area contributed by atoms with Crippen LogP contribution in [0.1, 0.15) is 24.7 Å². The minimum Gasteiger partial charge on any atom is -0.262 e. The predicted molar refractivity (Wildman–Crippen MR) is 58.5 cm³/mol. The van der Waals surface area contributed by atoms with Gasteiger partial charge in [0.05, 0.1) is 23.1 Å². The lowest BCUT2D eigenvalue weighted by Crippen LogP contribution is -2.14. The van der Waals surface area contributed by atoms with Gasteiger partial charge in [0.25, 0.3) is 0 Å². The lowest BCUT2D eigenvalue weighted by atomic mass is 9.91. The minimum absolute atomic E-state index is 0.737. The number of aromatic nitrogens is 3. The van der Waals surface area contributed by atoms with E-state index in [4.69, 9.17) is 0 Å². The monoisotopic (exact) mass is 199 g/mol. The van der Waals surface area contributed by atoms with Crippen molar-refractivity contribution in [3.05, 3.63) is 29.8 Å². The van der Waals surface area contributed by atoms with E-state index in [2.05, 4.69) is 21.9 Å². The van der Waals surface area contributed by atoms with E-state index in [1.54, 1.807) is 12.4 Å². The fraction of sp³-hybridized carbons (Fsp3) is 0.417. The largest absolute Gasteiger partial charge is 0.262 e. The summed E-state index contributed by atoms with van der Waals surface area (Å²) in [7, 11) is 0. The molecule has 1 unspecified atom stereocenters. The average Bonchev–Trinajstić information content (AvgIpc) is 2.26. The van der Waals surface area contributed by atoms with E-state index in [-0.39, 0.29) is 0 Å². The smallest absolute Gasteiger partial charge is 0.107 e. The van der Waals surface area contributed by atoms with Gasteiger partial charge >= 0.3 is 0 Å². The number of hydrogen-bond donors (Lipinski definition) is 0. The number of aryl methyl sites for hydroxylation is 1. The Bertz CT molecular complexity index is 507. The summed E-state index contributed by atoms with van der Waals surface area (Å²) in [5.74, 6) is 0.737. The summed E-state index contributed by atoms with van der Waals surface area (Å²) in [4.78, 5) is 13.4. The van der Waals surface area contributed by atoms with Gasteiger partial charge in [-0.3, -0.25) is 4.98 Å². The Kier molecular flexibility index (Phi) is 1.91. The summed E-state index contributed by atoms with van der Waals surface area (Å²) in [6, 6.07) is 1.93. The van der Waals surface area contributed by atoms with Crippen LogP contribution in [0.5, 0.6) is 0 Å². The van der Waals surface area contributed by atoms with E-state index in [1.807, 2.05) is 6.07 Å². The van der Waals surface area contributed by atoms with Crippen molar-refractivity contribution in [2.45, 2.75) is 26.2 Å². The van der Waals surface area contributed by atoms with E-state index in [9.17, 15) is 0 Å². The molecule has 0 spiro atoms. The highest BCUT2D eigenvalue weighted by molar-refractivity contribution is 5.73. The standard InChI is InChI=1S/C12H13N3/c1-8-2-3-9-11(6-8)15-12-7-13-5-4-10(12)14-9/h4-5,7-8H,2-3,6H2,1H3. The van der Waals surface area contributed by atoms with Crippen molar-refractivity contribution >= 4 is 11.0 Å². The van der Waals surface area contributed by atoms with E-state index in [0.717, 1.165) is 29.8 Å². The van der Waals surface area contributed by atoms with Crippen molar-refractivity contribution in [1.29, 1.82) is 0 Å². The van der Waals surface area contributed by atoms with Crippen LogP contribution in [-0.4, -0.2) is 15.0 Å². The van der Waals surface area contributed by atoms with Crippen molar-refractivity contribution in [3.8, 4) is 0 Å². The molecule has 2 aromatic heterocycles. The van der Waals surface area contributed by atoms with E-state index < -0.39 is 0 Å². The maximum atomic E-state index is 4.65. The molecular formula is C12H13N3. The maximum Gasteiger partial charge on any atom is 0.107 e. The third kappa shape index (κ3) is 1.48. The van der Waals surface area contributed by atoms with Crippen LogP contribution in [0.4, 0.5) is 0 Å². The molecule has 0 aromatic carbocycles. The van der Waals surface area contributed by atoms with Crippen LogP contribution in [0, 0.1) is 5.92 Å². The SMILES string of the molecule is CC1CCc2nc3ccncc3nc2C1. The molecule has 3 heteroatoms. The minimum atomic E-state index is 0.737. The van der Waals surface area contributed by atoms with Crippen molar-refractivity contribution in [2.24, 2.45) is 5.92 Å². The Labute approximate surface area is 88.6 Å². The third-order valence-electron chi connectivity index (χ3n) is 3.04. The van der Waals surface area contributed by atoms with Gasteiger partial charge in [0, 0.05) is 6.20 Å². The molecule has 2 aromatic rings. The molecule has 0 N–H and O–H groups in total. The number of nitrogens with zero attached hydrogens (tertiary/aromatic N) is 3. The molecular weight excluding hydrogens is 186 g/mol. The molecule has 0 radical (unpaired) electrons. The molecule has 1 aliphatic carbocycles. The number of pyridine rings is 1. The predicted octanol–water partition coefficient (Wildman–Crippen LogP) is 2.15. The molecule has 76 valence electrons. The second-order valence-electron chi connectivity index (χ2n) is 4.33. The molecule has 0 amide bonds. The van der Waals surface area contributed by atoms with Crippen molar-refractivity contribution < 1.29 is 0 Å². The first-order valence-electron chi connectivity index (χ1n) is 5.42. The lowest BCUT2D eigenvalue weighted by molar-refractivity contribution is 0.486. The molecule has 1 aliphatic rings. The molecule has 3 rings (SSSR count). The molecule has 0 fully saturated rings. The van der Waals surface area contributed by atoms with Crippen molar-refractivity contribution in [3.63, 3.8) is 0 Å². The van der Waals surface area contributed by atoms with Gasteiger partial charge in [-0.05, 0) is 31.2 Å². The molecule has 3 nitrogen and oxygen atoms in total. The van der Waals surface area contributed by atoms with Crippen molar-refractivity contribution in [2.75, 3.05) is 0 Å². The summed E-state index contributed by atoms with van der Waals surface area (Å²) in [6.07, 6.45) is 6.93. The van der Waals surface area contributed by atoms with Crippen molar-refractivity contribution in [1.82, 2.24) is 15.0 Å². The normalized spacial score (nSPS) is 20.2. The first-order valence-corrected chi connectivity index (χ1v) is 5.42. The zero-order valence-corrected chi connectivity index (χ0v) is 8.77. The molecule has 0 bridgehead atoms. The molecule has 15 heavy (non-hydrogen) atoms. The highest BCUT2D eigenvalue weighted by Crippen LogP contribution is 2.23. The molecule has 0 saturated heterocycles. The third-order valence-corrected chi connectivity index (χ3v) is 3.04. The summed E-state index contributed by atoms with van der Waals surface area (Å²) in [5.41, 5.74) is 4.25. The zero-order valence-electron chi connectivity index (χ0n) is 8.77. The van der Waals surface area contributed by atoms with Gasteiger partial charge in [0.15, 0.2) is 0 Å². The first-order chi connectivity index (χ1) is 7.33. The summed E-state index contributed by atoms with van der Waals surface area (Å²) >= 11 is 0. The fourth-order valence-electron chi connectivity index (χ4n) is 2.16. The van der Waals surface area contributed by atoms with Gasteiger partial charge in [0.2, 0.25) is 0 Å². The van der Waals surface area contributed by atoms with E-state index in [0.29, 0.717) is 0 Å². The Morgan fingerprint density at radius 1 is 1.20 bits per heavy atom. The van der Waals surface area contributed by atoms with Crippen LogP contribution >= 0.6 is 0 Å². The van der Waals surface area contributed by atoms with Gasteiger partial charge in [-0.2, -0.15) is 0 Å².